The van der Waals surface area contributed by atoms with Crippen molar-refractivity contribution in [1.82, 2.24) is 0 Å². The molecule has 64 valence electrons. The summed E-state index contributed by atoms with van der Waals surface area (Å²) in [5.41, 5.74) is 1.41. The topological polar surface area (TPSA) is 49.1 Å². The van der Waals surface area contributed by atoms with Gasteiger partial charge in [0.1, 0.15) is 0 Å². The molecule has 1 aliphatic rings. The summed E-state index contributed by atoms with van der Waals surface area (Å²) in [5.74, 6) is 0. The first-order chi connectivity index (χ1) is 5.02. The summed E-state index contributed by atoms with van der Waals surface area (Å²) >= 11 is -1.24. The average molecular weight is 173 g/mol. The zero-order valence-electron chi connectivity index (χ0n) is 7.09. The predicted octanol–water partition coefficient (Wildman–Crippen LogP) is 1.50. The van der Waals surface area contributed by atoms with Crippen LogP contribution < -0.4 is 5.14 Å². The molecule has 0 aromatic rings. The second kappa shape index (κ2) is 3.17. The maximum atomic E-state index is 11.0. The number of hydrogen-bond acceptors (Lipinski definition) is 2. The van der Waals surface area contributed by atoms with Crippen LogP contribution in [0.3, 0.4) is 0 Å². The Morgan fingerprint density at radius 2 is 2.09 bits per heavy atom. The number of allylic oxidation sites excluding steroid dienone is 1. The van der Waals surface area contributed by atoms with Crippen molar-refractivity contribution >= 4 is 11.4 Å². The van der Waals surface area contributed by atoms with Crippen LogP contribution in [0.2, 0.25) is 0 Å². The molecule has 0 radical (unpaired) electrons. The first kappa shape index (κ1) is 9.10. The van der Waals surface area contributed by atoms with Crippen LogP contribution in [0, 0.1) is 0 Å². The Kier molecular flexibility index (Phi) is 2.62. The van der Waals surface area contributed by atoms with Gasteiger partial charge < -0.3 is 4.55 Å². The third kappa shape index (κ3) is 2.22. The molecule has 1 atom stereocenters. The van der Waals surface area contributed by atoms with Crippen LogP contribution in [0.25, 0.3) is 0 Å². The van der Waals surface area contributed by atoms with Crippen molar-refractivity contribution in [2.45, 2.75) is 37.9 Å². The van der Waals surface area contributed by atoms with Crippen LogP contribution in [0.4, 0.5) is 0 Å². The van der Waals surface area contributed by atoms with E-state index in [0.717, 1.165) is 0 Å². The predicted molar refractivity (Wildman–Crippen MR) is 48.3 cm³/mol. The van der Waals surface area contributed by atoms with E-state index in [0.29, 0.717) is 0 Å². The second-order valence-corrected chi connectivity index (χ2v) is 5.20. The summed E-state index contributed by atoms with van der Waals surface area (Å²) in [7, 11) is 0. The van der Waals surface area contributed by atoms with Gasteiger partial charge in [0.2, 0.25) is 0 Å². The van der Waals surface area contributed by atoms with Crippen molar-refractivity contribution in [2.75, 3.05) is 0 Å². The van der Waals surface area contributed by atoms with Crippen LogP contribution in [0.5, 0.6) is 0 Å². The van der Waals surface area contributed by atoms with Crippen molar-refractivity contribution in [1.29, 1.82) is 0 Å². The van der Waals surface area contributed by atoms with Crippen molar-refractivity contribution in [3.8, 4) is 0 Å². The molecule has 0 amide bonds. The summed E-state index contributed by atoms with van der Waals surface area (Å²) in [6.07, 6.45) is 5.67. The Morgan fingerprint density at radius 1 is 1.55 bits per heavy atom. The van der Waals surface area contributed by atoms with E-state index in [1.54, 1.807) is 0 Å². The molecule has 0 heterocycles. The molecule has 2 nitrogen and oxygen atoms in total. The highest BCUT2D eigenvalue weighted by Crippen LogP contribution is 2.29. The minimum atomic E-state index is -1.24. The van der Waals surface area contributed by atoms with Crippen molar-refractivity contribution in [2.24, 2.45) is 5.14 Å². The molecule has 0 aromatic carbocycles. The van der Waals surface area contributed by atoms with Gasteiger partial charge in [0.05, 0.1) is 0 Å². The maximum Gasteiger partial charge on any atom is 0.157 e. The minimum absolute atomic E-state index is 0.338. The zero-order valence-corrected chi connectivity index (χ0v) is 7.91. The van der Waals surface area contributed by atoms with Crippen LogP contribution in [-0.4, -0.2) is 9.30 Å². The molecule has 0 spiro atoms. The molecule has 3 heteroatoms. The molecular formula is C8H15NOS. The van der Waals surface area contributed by atoms with E-state index >= 15 is 0 Å². The smallest absolute Gasteiger partial charge is 0.157 e. The molecule has 1 unspecified atom stereocenters. The van der Waals surface area contributed by atoms with Gasteiger partial charge in [0.25, 0.3) is 0 Å². The van der Waals surface area contributed by atoms with Gasteiger partial charge in [-0.3, -0.25) is 0 Å². The third-order valence-corrected chi connectivity index (χ3v) is 3.22. The van der Waals surface area contributed by atoms with Gasteiger partial charge in [-0.15, -0.1) is 0 Å². The number of hydrogen-bond donors (Lipinski definition) is 1. The lowest BCUT2D eigenvalue weighted by Gasteiger charge is -2.25. The molecule has 0 aliphatic heterocycles. The lowest BCUT2D eigenvalue weighted by Crippen LogP contribution is -2.36. The second-order valence-electron chi connectivity index (χ2n) is 3.56. The fraction of sp³-hybridized carbons (Fsp3) is 0.750. The van der Waals surface area contributed by atoms with E-state index in [-0.39, 0.29) is 4.75 Å². The van der Waals surface area contributed by atoms with E-state index in [2.05, 4.69) is 6.08 Å². The number of nitrogens with two attached hydrogens (primary N) is 1. The fourth-order valence-electron chi connectivity index (χ4n) is 1.07. The van der Waals surface area contributed by atoms with Crippen LogP contribution in [0.15, 0.2) is 11.6 Å². The Bertz CT molecular complexity index is 169. The standard InChI is InChI=1S/C8H15NOS/c1-8(2,11(9)10)6-7-4-3-5-7/h6H,3-5,9H2,1-2H3. The van der Waals surface area contributed by atoms with E-state index in [1.165, 1.54) is 24.8 Å². The Labute approximate surface area is 71.2 Å². The minimum Gasteiger partial charge on any atom is -0.598 e. The van der Waals surface area contributed by atoms with E-state index in [4.69, 9.17) is 5.14 Å². The Morgan fingerprint density at radius 3 is 2.36 bits per heavy atom. The summed E-state index contributed by atoms with van der Waals surface area (Å²) in [6.45, 7) is 3.82. The SMILES string of the molecule is CC(C)(C=C1CCC1)[S+](N)[O-]. The normalized spacial score (nSPS) is 20.9. The van der Waals surface area contributed by atoms with Gasteiger partial charge in [-0.25, -0.2) is 0 Å². The third-order valence-electron chi connectivity index (χ3n) is 2.07. The average Bonchev–Trinajstić information content (AvgIpc) is 1.79. The van der Waals surface area contributed by atoms with Gasteiger partial charge in [-0.05, 0) is 39.2 Å². The van der Waals surface area contributed by atoms with Crippen LogP contribution >= 0.6 is 0 Å². The Balaban J connectivity index is 2.57. The zero-order chi connectivity index (χ0) is 8.48. The van der Waals surface area contributed by atoms with Crippen molar-refractivity contribution in [3.05, 3.63) is 11.6 Å². The lowest BCUT2D eigenvalue weighted by atomic mass is 9.90. The molecule has 0 aromatic heterocycles. The molecule has 11 heavy (non-hydrogen) atoms. The first-order valence-corrected chi connectivity index (χ1v) is 5.10. The molecular weight excluding hydrogens is 158 g/mol. The first-order valence-electron chi connectivity index (χ1n) is 3.89. The molecule has 1 aliphatic carbocycles. The summed E-state index contributed by atoms with van der Waals surface area (Å²) < 4.78 is 10.6. The maximum absolute atomic E-state index is 11.0. The summed E-state index contributed by atoms with van der Waals surface area (Å²) in [4.78, 5) is 0. The number of rotatable bonds is 2. The largest absolute Gasteiger partial charge is 0.598 e. The van der Waals surface area contributed by atoms with Gasteiger partial charge >= 0.3 is 0 Å². The quantitative estimate of drug-likeness (QED) is 0.508. The summed E-state index contributed by atoms with van der Waals surface area (Å²) in [5, 5.41) is 5.32. The van der Waals surface area contributed by atoms with Crippen LogP contribution in [0.1, 0.15) is 33.1 Å². The molecule has 0 saturated heterocycles. The Hall–Kier alpha value is 0.01000. The molecule has 1 fully saturated rings. The van der Waals surface area contributed by atoms with Gasteiger partial charge in [-0.1, -0.05) is 5.57 Å². The highest BCUT2D eigenvalue weighted by atomic mass is 32.2. The summed E-state index contributed by atoms with van der Waals surface area (Å²) in [6, 6.07) is 0. The van der Waals surface area contributed by atoms with Gasteiger partial charge in [0.15, 0.2) is 4.75 Å². The molecule has 2 N–H and O–H groups in total. The van der Waals surface area contributed by atoms with Crippen molar-refractivity contribution < 1.29 is 4.55 Å². The molecule has 1 saturated carbocycles. The van der Waals surface area contributed by atoms with Crippen molar-refractivity contribution in [3.63, 3.8) is 0 Å². The van der Waals surface area contributed by atoms with E-state index in [1.807, 2.05) is 13.8 Å². The van der Waals surface area contributed by atoms with Crippen LogP contribution in [-0.2, 0) is 11.4 Å². The highest BCUT2D eigenvalue weighted by molar-refractivity contribution is 7.90. The molecule has 1 rings (SSSR count). The van der Waals surface area contributed by atoms with E-state index < -0.39 is 11.4 Å². The molecule has 0 bridgehead atoms. The fourth-order valence-corrected chi connectivity index (χ4v) is 1.36. The lowest BCUT2D eigenvalue weighted by molar-refractivity contribution is 0.567. The highest BCUT2D eigenvalue weighted by Gasteiger charge is 2.28. The monoisotopic (exact) mass is 173 g/mol. The van der Waals surface area contributed by atoms with E-state index in [9.17, 15) is 4.55 Å². The van der Waals surface area contributed by atoms with Gasteiger partial charge in [0, 0.05) is 11.4 Å². The van der Waals surface area contributed by atoms with Gasteiger partial charge in [-0.2, -0.15) is 5.14 Å².